The van der Waals surface area contributed by atoms with Crippen molar-refractivity contribution in [1.29, 1.82) is 0 Å². The van der Waals surface area contributed by atoms with Crippen LogP contribution in [0.4, 0.5) is 4.79 Å². The molecule has 1 fully saturated rings. The first kappa shape index (κ1) is 19.2. The minimum atomic E-state index is -0.571. The maximum atomic E-state index is 12.1. The Labute approximate surface area is 134 Å². The molecular formula is C16H32N2O4. The summed E-state index contributed by atoms with van der Waals surface area (Å²) in [5.74, 6) is 0. The Balaban J connectivity index is 2.31. The molecule has 1 atom stereocenters. The molecule has 130 valence electrons. The number of aliphatic hydroxyl groups is 1. The van der Waals surface area contributed by atoms with Crippen LogP contribution in [-0.2, 0) is 9.47 Å². The molecule has 0 saturated heterocycles. The van der Waals surface area contributed by atoms with E-state index in [2.05, 4.69) is 5.32 Å². The van der Waals surface area contributed by atoms with E-state index < -0.39 is 11.7 Å². The van der Waals surface area contributed by atoms with Gasteiger partial charge in [-0.25, -0.2) is 4.79 Å². The number of rotatable bonds is 8. The van der Waals surface area contributed by atoms with Crippen molar-refractivity contribution in [3.8, 4) is 0 Å². The molecule has 1 saturated carbocycles. The van der Waals surface area contributed by atoms with Gasteiger partial charge < -0.3 is 24.8 Å². The number of aliphatic hydroxyl groups excluding tert-OH is 1. The molecule has 0 aromatic rings. The summed E-state index contributed by atoms with van der Waals surface area (Å²) in [6.45, 7) is 11.5. The Morgan fingerprint density at radius 1 is 1.41 bits per heavy atom. The number of hydrogen-bond acceptors (Lipinski definition) is 5. The average Bonchev–Trinajstić information content (AvgIpc) is 2.31. The second kappa shape index (κ2) is 8.70. The summed E-state index contributed by atoms with van der Waals surface area (Å²) in [6.07, 6.45) is 1.48. The highest BCUT2D eigenvalue weighted by Gasteiger charge is 2.29. The standard InChI is InChI=1S/C16H32N2O4/c1-6-21-14-9-13(10-14)17-7-8-18(11-12(2)19)15(20)22-16(3,4)5/h12-14,17,19H,6-11H2,1-5H3. The maximum absolute atomic E-state index is 12.1. The summed E-state index contributed by atoms with van der Waals surface area (Å²) in [5, 5.41) is 13.0. The van der Waals surface area contributed by atoms with Gasteiger partial charge in [-0.1, -0.05) is 0 Å². The van der Waals surface area contributed by atoms with Crippen molar-refractivity contribution in [3.63, 3.8) is 0 Å². The van der Waals surface area contributed by atoms with Gasteiger partial charge in [-0.3, -0.25) is 0 Å². The summed E-state index contributed by atoms with van der Waals surface area (Å²) in [5.41, 5.74) is -0.528. The van der Waals surface area contributed by atoms with E-state index in [0.29, 0.717) is 25.2 Å². The molecule has 0 radical (unpaired) electrons. The molecule has 0 aromatic heterocycles. The van der Waals surface area contributed by atoms with Gasteiger partial charge in [0, 0.05) is 32.3 Å². The number of ether oxygens (including phenoxy) is 2. The number of amides is 1. The number of nitrogens with one attached hydrogen (secondary N) is 1. The SMILES string of the molecule is CCOC1CC(NCCN(CC(C)O)C(=O)OC(C)(C)C)C1. The van der Waals surface area contributed by atoms with Gasteiger partial charge in [-0.05, 0) is 47.5 Å². The molecule has 0 heterocycles. The summed E-state index contributed by atoms with van der Waals surface area (Å²) in [7, 11) is 0. The Kier molecular flexibility index (Phi) is 7.59. The topological polar surface area (TPSA) is 71.0 Å². The van der Waals surface area contributed by atoms with Gasteiger partial charge in [0.15, 0.2) is 0 Å². The molecule has 0 spiro atoms. The van der Waals surface area contributed by atoms with Crippen molar-refractivity contribution in [2.75, 3.05) is 26.2 Å². The monoisotopic (exact) mass is 316 g/mol. The summed E-state index contributed by atoms with van der Waals surface area (Å²) < 4.78 is 10.9. The zero-order valence-electron chi connectivity index (χ0n) is 14.6. The average molecular weight is 316 g/mol. The number of carbonyl (C=O) groups is 1. The number of carbonyl (C=O) groups excluding carboxylic acids is 1. The molecule has 1 unspecified atom stereocenters. The smallest absolute Gasteiger partial charge is 0.410 e. The van der Waals surface area contributed by atoms with E-state index >= 15 is 0 Å². The van der Waals surface area contributed by atoms with Crippen LogP contribution in [-0.4, -0.2) is 66.2 Å². The van der Waals surface area contributed by atoms with Gasteiger partial charge in [0.1, 0.15) is 5.60 Å². The lowest BCUT2D eigenvalue weighted by Crippen LogP contribution is -2.49. The quantitative estimate of drug-likeness (QED) is 0.714. The van der Waals surface area contributed by atoms with E-state index in [4.69, 9.17) is 9.47 Å². The van der Waals surface area contributed by atoms with Crippen LogP contribution in [0.1, 0.15) is 47.5 Å². The van der Waals surface area contributed by atoms with E-state index in [1.807, 2.05) is 27.7 Å². The van der Waals surface area contributed by atoms with Gasteiger partial charge in [0.25, 0.3) is 0 Å². The molecule has 22 heavy (non-hydrogen) atoms. The van der Waals surface area contributed by atoms with Crippen molar-refractivity contribution in [1.82, 2.24) is 10.2 Å². The molecule has 1 aliphatic carbocycles. The Morgan fingerprint density at radius 3 is 2.55 bits per heavy atom. The van der Waals surface area contributed by atoms with Crippen LogP contribution >= 0.6 is 0 Å². The Morgan fingerprint density at radius 2 is 2.05 bits per heavy atom. The van der Waals surface area contributed by atoms with Crippen molar-refractivity contribution in [2.24, 2.45) is 0 Å². The highest BCUT2D eigenvalue weighted by atomic mass is 16.6. The molecule has 1 rings (SSSR count). The van der Waals surface area contributed by atoms with Gasteiger partial charge in [-0.15, -0.1) is 0 Å². The molecule has 0 aliphatic heterocycles. The van der Waals surface area contributed by atoms with Crippen LogP contribution in [0, 0.1) is 0 Å². The number of nitrogens with zero attached hydrogens (tertiary/aromatic N) is 1. The molecular weight excluding hydrogens is 284 g/mol. The Bertz CT molecular complexity index is 336. The van der Waals surface area contributed by atoms with Crippen molar-refractivity contribution < 1.29 is 19.4 Å². The summed E-state index contributed by atoms with van der Waals surface area (Å²) in [6, 6.07) is 0.462. The zero-order valence-corrected chi connectivity index (χ0v) is 14.6. The lowest BCUT2D eigenvalue weighted by molar-refractivity contribution is -0.0113. The molecule has 1 amide bonds. The van der Waals surface area contributed by atoms with E-state index in [9.17, 15) is 9.90 Å². The second-order valence-corrected chi connectivity index (χ2v) is 6.98. The van der Waals surface area contributed by atoms with Gasteiger partial charge in [0.2, 0.25) is 0 Å². The highest BCUT2D eigenvalue weighted by molar-refractivity contribution is 5.68. The van der Waals surface area contributed by atoms with E-state index in [0.717, 1.165) is 19.4 Å². The molecule has 6 heteroatoms. The van der Waals surface area contributed by atoms with Crippen molar-refractivity contribution in [2.45, 2.75) is 71.3 Å². The predicted octanol–water partition coefficient (Wildman–Crippen LogP) is 1.76. The third-order valence-electron chi connectivity index (χ3n) is 3.45. The first-order valence-electron chi connectivity index (χ1n) is 8.22. The van der Waals surface area contributed by atoms with Gasteiger partial charge >= 0.3 is 6.09 Å². The second-order valence-electron chi connectivity index (χ2n) is 6.98. The molecule has 0 aromatic carbocycles. The highest BCUT2D eigenvalue weighted by Crippen LogP contribution is 2.22. The van der Waals surface area contributed by atoms with E-state index in [1.54, 1.807) is 11.8 Å². The van der Waals surface area contributed by atoms with Gasteiger partial charge in [-0.2, -0.15) is 0 Å². The maximum Gasteiger partial charge on any atom is 0.410 e. The lowest BCUT2D eigenvalue weighted by Gasteiger charge is -2.36. The normalized spacial score (nSPS) is 22.8. The van der Waals surface area contributed by atoms with Crippen LogP contribution in [0.5, 0.6) is 0 Å². The van der Waals surface area contributed by atoms with E-state index in [-0.39, 0.29) is 12.6 Å². The van der Waals surface area contributed by atoms with E-state index in [1.165, 1.54) is 0 Å². The van der Waals surface area contributed by atoms with Crippen molar-refractivity contribution >= 4 is 6.09 Å². The first-order chi connectivity index (χ1) is 10.2. The fourth-order valence-electron chi connectivity index (χ4n) is 2.41. The van der Waals surface area contributed by atoms with Crippen LogP contribution < -0.4 is 5.32 Å². The Hall–Kier alpha value is -0.850. The first-order valence-corrected chi connectivity index (χ1v) is 8.22. The molecule has 6 nitrogen and oxygen atoms in total. The van der Waals surface area contributed by atoms with Crippen molar-refractivity contribution in [3.05, 3.63) is 0 Å². The van der Waals surface area contributed by atoms with Crippen LogP contribution in [0.3, 0.4) is 0 Å². The largest absolute Gasteiger partial charge is 0.444 e. The third kappa shape index (κ3) is 7.42. The lowest BCUT2D eigenvalue weighted by atomic mass is 9.89. The van der Waals surface area contributed by atoms with Gasteiger partial charge in [0.05, 0.1) is 12.2 Å². The van der Waals surface area contributed by atoms with Crippen LogP contribution in [0.25, 0.3) is 0 Å². The van der Waals surface area contributed by atoms with Crippen LogP contribution in [0.2, 0.25) is 0 Å². The fraction of sp³-hybridized carbons (Fsp3) is 0.938. The molecule has 0 bridgehead atoms. The third-order valence-corrected chi connectivity index (χ3v) is 3.45. The van der Waals surface area contributed by atoms with Crippen LogP contribution in [0.15, 0.2) is 0 Å². The minimum Gasteiger partial charge on any atom is -0.444 e. The minimum absolute atomic E-state index is 0.281. The summed E-state index contributed by atoms with van der Waals surface area (Å²) in [4.78, 5) is 13.7. The predicted molar refractivity (Wildman–Crippen MR) is 85.9 cm³/mol. The fourth-order valence-corrected chi connectivity index (χ4v) is 2.41. The molecule has 1 aliphatic rings. The molecule has 2 N–H and O–H groups in total. The summed E-state index contributed by atoms with van der Waals surface area (Å²) >= 11 is 0. The number of hydrogen-bond donors (Lipinski definition) is 2. The zero-order chi connectivity index (χ0) is 16.8.